The van der Waals surface area contributed by atoms with E-state index in [9.17, 15) is 19.1 Å². The minimum atomic E-state index is -0.882. The Morgan fingerprint density at radius 3 is 2.37 bits per heavy atom. The lowest BCUT2D eigenvalue weighted by atomic mass is 9.85. The van der Waals surface area contributed by atoms with Crippen molar-refractivity contribution in [2.75, 3.05) is 4.90 Å². The number of allylic oxidation sites excluding steroid dienone is 1. The number of hydrogen-bond donors (Lipinski definition) is 1. The van der Waals surface area contributed by atoms with Crippen LogP contribution in [0.15, 0.2) is 101 Å². The van der Waals surface area contributed by atoms with E-state index >= 15 is 0 Å². The molecule has 0 saturated carbocycles. The van der Waals surface area contributed by atoms with E-state index in [-0.39, 0.29) is 21.9 Å². The number of amides is 1. The second-order valence-corrected chi connectivity index (χ2v) is 12.8. The number of carbonyl (C=O) groups excluding carboxylic acids is 2. The first-order valence-electron chi connectivity index (χ1n) is 13.0. The number of thioether (sulfide) groups is 1. The summed E-state index contributed by atoms with van der Waals surface area (Å²) < 4.78 is 13.9. The number of rotatable bonds is 8. The van der Waals surface area contributed by atoms with Crippen LogP contribution in [0.3, 0.4) is 0 Å². The quantitative estimate of drug-likeness (QED) is 0.131. The van der Waals surface area contributed by atoms with Crippen molar-refractivity contribution in [1.29, 1.82) is 0 Å². The van der Waals surface area contributed by atoms with Gasteiger partial charge in [-0.15, -0.1) is 10.2 Å². The summed E-state index contributed by atoms with van der Waals surface area (Å²) in [6.45, 7) is 6.32. The Morgan fingerprint density at radius 1 is 1.02 bits per heavy atom. The molecule has 1 amide bonds. The van der Waals surface area contributed by atoms with Crippen molar-refractivity contribution in [3.63, 3.8) is 0 Å². The van der Waals surface area contributed by atoms with Crippen LogP contribution >= 0.6 is 23.1 Å². The zero-order valence-electron chi connectivity index (χ0n) is 22.7. The number of ketones is 1. The van der Waals surface area contributed by atoms with Gasteiger partial charge in [0.15, 0.2) is 15.9 Å². The Labute approximate surface area is 246 Å². The van der Waals surface area contributed by atoms with Gasteiger partial charge in [-0.05, 0) is 45.9 Å². The molecule has 0 spiro atoms. The Kier molecular flexibility index (Phi) is 8.19. The normalized spacial score (nSPS) is 15.8. The van der Waals surface area contributed by atoms with Gasteiger partial charge < -0.3 is 5.11 Å². The monoisotopic (exact) mass is 585 g/mol. The molecule has 208 valence electrons. The van der Waals surface area contributed by atoms with Crippen molar-refractivity contribution < 1.29 is 19.1 Å². The van der Waals surface area contributed by atoms with E-state index in [1.165, 1.54) is 46.2 Å². The topological polar surface area (TPSA) is 83.4 Å². The highest BCUT2D eigenvalue weighted by Gasteiger charge is 2.45. The second kappa shape index (κ2) is 11.8. The molecule has 0 saturated heterocycles. The molecule has 0 bridgehead atoms. The van der Waals surface area contributed by atoms with Gasteiger partial charge in [-0.25, -0.2) is 4.39 Å². The van der Waals surface area contributed by atoms with Crippen LogP contribution < -0.4 is 4.90 Å². The standard InChI is InChI=1S/C32H28FN3O3S2/c1-32(2,3)23-14-12-22(13-15-23)27-26(25(37)18-11-20-7-5-4-6-8-20)28(38)29(39)36(27)30-34-35-31(41-30)40-19-21-9-16-24(33)17-10-21/h4-18,27,38H,19H2,1-3H3. The third-order valence-electron chi connectivity index (χ3n) is 6.67. The largest absolute Gasteiger partial charge is 0.503 e. The van der Waals surface area contributed by atoms with Crippen molar-refractivity contribution in [3.8, 4) is 0 Å². The molecule has 1 aliphatic rings. The van der Waals surface area contributed by atoms with Gasteiger partial charge in [-0.1, -0.05) is 117 Å². The summed E-state index contributed by atoms with van der Waals surface area (Å²) in [7, 11) is 0. The lowest BCUT2D eigenvalue weighted by Crippen LogP contribution is -2.31. The molecule has 0 aliphatic carbocycles. The third kappa shape index (κ3) is 6.31. The molecule has 1 aliphatic heterocycles. The molecule has 0 radical (unpaired) electrons. The van der Waals surface area contributed by atoms with Crippen LogP contribution in [0.25, 0.3) is 6.08 Å². The Bertz CT molecular complexity index is 1620. The van der Waals surface area contributed by atoms with Gasteiger partial charge in [0.1, 0.15) is 5.82 Å². The molecular formula is C32H28FN3O3S2. The molecule has 5 rings (SSSR count). The van der Waals surface area contributed by atoms with Crippen molar-refractivity contribution in [3.05, 3.63) is 124 Å². The minimum Gasteiger partial charge on any atom is -0.503 e. The maximum atomic E-state index is 13.5. The zero-order valence-corrected chi connectivity index (χ0v) is 24.4. The van der Waals surface area contributed by atoms with E-state index in [1.54, 1.807) is 18.2 Å². The highest BCUT2D eigenvalue weighted by atomic mass is 32.2. The van der Waals surface area contributed by atoms with Crippen LogP contribution in [-0.4, -0.2) is 27.0 Å². The van der Waals surface area contributed by atoms with Crippen LogP contribution in [0, 0.1) is 5.82 Å². The van der Waals surface area contributed by atoms with Crippen LogP contribution in [-0.2, 0) is 20.8 Å². The predicted octanol–water partition coefficient (Wildman–Crippen LogP) is 7.45. The molecule has 41 heavy (non-hydrogen) atoms. The molecule has 1 unspecified atom stereocenters. The first-order chi connectivity index (χ1) is 19.6. The summed E-state index contributed by atoms with van der Waals surface area (Å²) in [6, 6.07) is 22.4. The number of hydrogen-bond acceptors (Lipinski definition) is 7. The Hall–Kier alpha value is -4.08. The van der Waals surface area contributed by atoms with Crippen LogP contribution in [0.5, 0.6) is 0 Å². The fraction of sp³-hybridized carbons (Fsp3) is 0.188. The molecule has 4 aromatic rings. The number of nitrogens with zero attached hydrogens (tertiary/aromatic N) is 3. The molecule has 0 fully saturated rings. The van der Waals surface area contributed by atoms with Gasteiger partial charge >= 0.3 is 0 Å². The number of aliphatic hydroxyl groups is 1. The number of aromatic nitrogens is 2. The first kappa shape index (κ1) is 28.4. The molecule has 1 N–H and O–H groups in total. The molecule has 3 aromatic carbocycles. The van der Waals surface area contributed by atoms with E-state index in [0.29, 0.717) is 15.7 Å². The average Bonchev–Trinajstić information content (AvgIpc) is 3.53. The Morgan fingerprint density at radius 2 is 1.71 bits per heavy atom. The number of aliphatic hydroxyl groups excluding tert-OH is 1. The van der Waals surface area contributed by atoms with E-state index in [2.05, 4.69) is 31.0 Å². The summed E-state index contributed by atoms with van der Waals surface area (Å²) >= 11 is 2.60. The SMILES string of the molecule is CC(C)(C)c1ccc(C2C(C(=O)C=Cc3ccccc3)=C(O)C(=O)N2c2nnc(SCc3ccc(F)cc3)s2)cc1. The third-order valence-corrected chi connectivity index (χ3v) is 8.80. The van der Waals surface area contributed by atoms with E-state index < -0.39 is 23.5 Å². The molecule has 1 aromatic heterocycles. The fourth-order valence-corrected chi connectivity index (χ4v) is 6.27. The van der Waals surface area contributed by atoms with Gasteiger partial charge in [-0.3, -0.25) is 14.5 Å². The van der Waals surface area contributed by atoms with Gasteiger partial charge in [0.05, 0.1) is 11.6 Å². The van der Waals surface area contributed by atoms with Crippen molar-refractivity contribution in [2.45, 2.75) is 42.3 Å². The van der Waals surface area contributed by atoms with Gasteiger partial charge in [0.2, 0.25) is 5.13 Å². The van der Waals surface area contributed by atoms with Crippen molar-refractivity contribution >= 4 is 46.0 Å². The summed E-state index contributed by atoms with van der Waals surface area (Å²) in [5.41, 5.74) is 3.40. The molecular weight excluding hydrogens is 558 g/mol. The number of benzene rings is 3. The molecule has 2 heterocycles. The lowest BCUT2D eigenvalue weighted by molar-refractivity contribution is -0.117. The fourth-order valence-electron chi connectivity index (χ4n) is 4.44. The summed E-state index contributed by atoms with van der Waals surface area (Å²) in [5.74, 6) is -1.55. The highest BCUT2D eigenvalue weighted by molar-refractivity contribution is 8.00. The average molecular weight is 586 g/mol. The van der Waals surface area contributed by atoms with Crippen LogP contribution in [0.4, 0.5) is 9.52 Å². The summed E-state index contributed by atoms with van der Waals surface area (Å²) in [5, 5.41) is 19.8. The zero-order chi connectivity index (χ0) is 29.1. The maximum Gasteiger partial charge on any atom is 0.296 e. The lowest BCUT2D eigenvalue weighted by Gasteiger charge is -2.25. The Balaban J connectivity index is 1.48. The van der Waals surface area contributed by atoms with Gasteiger partial charge in [0.25, 0.3) is 5.91 Å². The van der Waals surface area contributed by atoms with Gasteiger partial charge in [-0.2, -0.15) is 0 Å². The van der Waals surface area contributed by atoms with Gasteiger partial charge in [0, 0.05) is 5.75 Å². The van der Waals surface area contributed by atoms with Crippen LogP contribution in [0.2, 0.25) is 0 Å². The molecule has 9 heteroatoms. The minimum absolute atomic E-state index is 0.0126. The van der Waals surface area contributed by atoms with E-state index in [1.807, 2.05) is 54.6 Å². The maximum absolute atomic E-state index is 13.5. The summed E-state index contributed by atoms with van der Waals surface area (Å²) in [6.07, 6.45) is 3.03. The second-order valence-electron chi connectivity index (χ2n) is 10.6. The molecule has 1 atom stereocenters. The van der Waals surface area contributed by atoms with Crippen molar-refractivity contribution in [2.24, 2.45) is 0 Å². The smallest absolute Gasteiger partial charge is 0.296 e. The highest BCUT2D eigenvalue weighted by Crippen LogP contribution is 2.43. The summed E-state index contributed by atoms with van der Waals surface area (Å²) in [4.78, 5) is 28.3. The number of halogens is 1. The number of carbonyl (C=O) groups is 2. The predicted molar refractivity (Wildman–Crippen MR) is 161 cm³/mol. The van der Waals surface area contributed by atoms with Crippen LogP contribution in [0.1, 0.15) is 49.1 Å². The van der Waals surface area contributed by atoms with Crippen molar-refractivity contribution in [1.82, 2.24) is 10.2 Å². The first-order valence-corrected chi connectivity index (χ1v) is 14.8. The van der Waals surface area contributed by atoms with E-state index in [4.69, 9.17) is 0 Å². The molecule has 6 nitrogen and oxygen atoms in total. The number of anilines is 1. The van der Waals surface area contributed by atoms with E-state index in [0.717, 1.165) is 16.7 Å².